The fraction of sp³-hybridized carbons (Fsp3) is 0.200. The summed E-state index contributed by atoms with van der Waals surface area (Å²) >= 11 is 0. The number of methoxy groups -OCH3 is 1. The highest BCUT2D eigenvalue weighted by Gasteiger charge is 2.10. The molecule has 3 aromatic rings. The molecule has 1 aromatic carbocycles. The van der Waals surface area contributed by atoms with Gasteiger partial charge in [-0.3, -0.25) is 9.78 Å². The van der Waals surface area contributed by atoms with Gasteiger partial charge in [-0.25, -0.2) is 9.97 Å². The first kappa shape index (κ1) is 17.5. The van der Waals surface area contributed by atoms with Crippen LogP contribution in [-0.2, 0) is 6.42 Å². The van der Waals surface area contributed by atoms with Gasteiger partial charge in [0.25, 0.3) is 5.91 Å². The molecule has 0 spiro atoms. The minimum absolute atomic E-state index is 0.115. The number of carbonyl (C=O) groups is 1. The van der Waals surface area contributed by atoms with E-state index < -0.39 is 0 Å². The van der Waals surface area contributed by atoms with Crippen LogP contribution in [0.25, 0.3) is 11.3 Å². The van der Waals surface area contributed by atoms with Crippen molar-refractivity contribution in [2.75, 3.05) is 13.7 Å². The van der Waals surface area contributed by atoms with E-state index in [1.807, 2.05) is 37.3 Å². The van der Waals surface area contributed by atoms with Crippen molar-refractivity contribution >= 4 is 5.91 Å². The van der Waals surface area contributed by atoms with Crippen LogP contribution >= 0.6 is 0 Å². The molecule has 0 atom stereocenters. The Morgan fingerprint density at radius 3 is 2.58 bits per heavy atom. The average Bonchev–Trinajstić information content (AvgIpc) is 2.68. The van der Waals surface area contributed by atoms with Gasteiger partial charge < -0.3 is 10.1 Å². The molecule has 0 aliphatic carbocycles. The van der Waals surface area contributed by atoms with Crippen LogP contribution < -0.4 is 10.1 Å². The molecular weight excluding hydrogens is 328 g/mol. The van der Waals surface area contributed by atoms with Crippen LogP contribution in [0.1, 0.15) is 21.7 Å². The standard InChI is InChI=1S/C20H20N4O2/c1-14-4-3-5-17(24-14)10-11-22-19(25)16-8-6-15(7-9-16)18-20(26-2)23-13-12-21-18/h3-9,12-13H,10-11H2,1-2H3,(H,22,25). The minimum atomic E-state index is -0.115. The van der Waals surface area contributed by atoms with Gasteiger partial charge >= 0.3 is 0 Å². The SMILES string of the molecule is COc1nccnc1-c1ccc(C(=O)NCCc2cccc(C)n2)cc1. The molecule has 132 valence electrons. The fourth-order valence-corrected chi connectivity index (χ4v) is 2.60. The Kier molecular flexibility index (Phi) is 5.53. The highest BCUT2D eigenvalue weighted by molar-refractivity contribution is 5.94. The van der Waals surface area contributed by atoms with Crippen LogP contribution in [0, 0.1) is 6.92 Å². The number of hydrogen-bond donors (Lipinski definition) is 1. The summed E-state index contributed by atoms with van der Waals surface area (Å²) in [5.41, 5.74) is 4.02. The number of benzene rings is 1. The number of hydrogen-bond acceptors (Lipinski definition) is 5. The van der Waals surface area contributed by atoms with Gasteiger partial charge in [-0.1, -0.05) is 18.2 Å². The average molecular weight is 348 g/mol. The van der Waals surface area contributed by atoms with E-state index in [1.54, 1.807) is 31.6 Å². The van der Waals surface area contributed by atoms with Gasteiger partial charge in [0.1, 0.15) is 5.69 Å². The molecule has 0 saturated carbocycles. The lowest BCUT2D eigenvalue weighted by atomic mass is 10.1. The summed E-state index contributed by atoms with van der Waals surface area (Å²) in [4.78, 5) is 25.1. The predicted octanol–water partition coefficient (Wildman–Crippen LogP) is 2.83. The number of nitrogens with one attached hydrogen (secondary N) is 1. The lowest BCUT2D eigenvalue weighted by molar-refractivity contribution is 0.0954. The summed E-state index contributed by atoms with van der Waals surface area (Å²) in [6.45, 7) is 2.49. The van der Waals surface area contributed by atoms with Crippen LogP contribution in [0.2, 0.25) is 0 Å². The Hall–Kier alpha value is -3.28. The van der Waals surface area contributed by atoms with Crippen molar-refractivity contribution in [1.82, 2.24) is 20.3 Å². The molecule has 2 heterocycles. The maximum atomic E-state index is 12.3. The van der Waals surface area contributed by atoms with Gasteiger partial charge in [-0.15, -0.1) is 0 Å². The van der Waals surface area contributed by atoms with E-state index in [4.69, 9.17) is 4.74 Å². The molecule has 0 bridgehead atoms. The van der Waals surface area contributed by atoms with Crippen LogP contribution in [0.4, 0.5) is 0 Å². The number of nitrogens with zero attached hydrogens (tertiary/aromatic N) is 3. The van der Waals surface area contributed by atoms with Gasteiger partial charge in [0.05, 0.1) is 7.11 Å². The van der Waals surface area contributed by atoms with E-state index >= 15 is 0 Å². The van der Waals surface area contributed by atoms with Crippen LogP contribution in [-0.4, -0.2) is 34.5 Å². The van der Waals surface area contributed by atoms with E-state index in [9.17, 15) is 4.79 Å². The second kappa shape index (κ2) is 8.20. The molecule has 0 saturated heterocycles. The van der Waals surface area contributed by atoms with Crippen molar-refractivity contribution in [3.05, 3.63) is 71.8 Å². The highest BCUT2D eigenvalue weighted by Crippen LogP contribution is 2.25. The molecule has 0 fully saturated rings. The van der Waals surface area contributed by atoms with Crippen LogP contribution in [0.15, 0.2) is 54.9 Å². The quantitative estimate of drug-likeness (QED) is 0.741. The number of aromatic nitrogens is 3. The van der Waals surface area contributed by atoms with E-state index in [2.05, 4.69) is 20.3 Å². The molecule has 0 radical (unpaired) electrons. The Labute approximate surface area is 152 Å². The zero-order valence-corrected chi connectivity index (χ0v) is 14.8. The van der Waals surface area contributed by atoms with E-state index in [0.717, 1.165) is 17.0 Å². The van der Waals surface area contributed by atoms with Crippen molar-refractivity contribution in [2.24, 2.45) is 0 Å². The van der Waals surface area contributed by atoms with Crippen molar-refractivity contribution < 1.29 is 9.53 Å². The first-order chi connectivity index (χ1) is 12.7. The summed E-state index contributed by atoms with van der Waals surface area (Å²) in [6, 6.07) is 13.1. The molecule has 1 N–H and O–H groups in total. The van der Waals surface area contributed by atoms with Crippen molar-refractivity contribution in [1.29, 1.82) is 0 Å². The molecule has 2 aromatic heterocycles. The van der Waals surface area contributed by atoms with E-state index in [1.165, 1.54) is 0 Å². The number of aryl methyl sites for hydroxylation is 1. The summed E-state index contributed by atoms with van der Waals surface area (Å²) in [5, 5.41) is 2.92. The third-order valence-corrected chi connectivity index (χ3v) is 3.89. The zero-order valence-electron chi connectivity index (χ0n) is 14.8. The number of carbonyl (C=O) groups excluding carboxylic acids is 1. The first-order valence-corrected chi connectivity index (χ1v) is 8.33. The van der Waals surface area contributed by atoms with Crippen molar-refractivity contribution in [3.63, 3.8) is 0 Å². The summed E-state index contributed by atoms with van der Waals surface area (Å²) in [5.74, 6) is 0.339. The van der Waals surface area contributed by atoms with E-state index in [0.29, 0.717) is 30.1 Å². The first-order valence-electron chi connectivity index (χ1n) is 8.33. The predicted molar refractivity (Wildman–Crippen MR) is 99.0 cm³/mol. The lowest BCUT2D eigenvalue weighted by Crippen LogP contribution is -2.25. The highest BCUT2D eigenvalue weighted by atomic mass is 16.5. The van der Waals surface area contributed by atoms with E-state index in [-0.39, 0.29) is 5.91 Å². The van der Waals surface area contributed by atoms with Gasteiger partial charge in [0.15, 0.2) is 0 Å². The Morgan fingerprint density at radius 1 is 1.08 bits per heavy atom. The summed E-state index contributed by atoms with van der Waals surface area (Å²) < 4.78 is 5.22. The molecule has 3 rings (SSSR count). The molecule has 0 aliphatic rings. The van der Waals surface area contributed by atoms with Gasteiger partial charge in [0.2, 0.25) is 5.88 Å². The van der Waals surface area contributed by atoms with Gasteiger partial charge in [0, 0.05) is 47.9 Å². The second-order valence-corrected chi connectivity index (χ2v) is 5.77. The number of rotatable bonds is 6. The van der Waals surface area contributed by atoms with Crippen LogP contribution in [0.5, 0.6) is 5.88 Å². The molecule has 0 unspecified atom stereocenters. The number of pyridine rings is 1. The second-order valence-electron chi connectivity index (χ2n) is 5.77. The third kappa shape index (κ3) is 4.22. The summed E-state index contributed by atoms with van der Waals surface area (Å²) in [7, 11) is 1.55. The van der Waals surface area contributed by atoms with Crippen LogP contribution in [0.3, 0.4) is 0 Å². The van der Waals surface area contributed by atoms with Crippen molar-refractivity contribution in [2.45, 2.75) is 13.3 Å². The number of ether oxygens (including phenoxy) is 1. The Balaban J connectivity index is 1.62. The Morgan fingerprint density at radius 2 is 1.85 bits per heavy atom. The smallest absolute Gasteiger partial charge is 0.251 e. The zero-order chi connectivity index (χ0) is 18.4. The molecular formula is C20H20N4O2. The fourth-order valence-electron chi connectivity index (χ4n) is 2.60. The van der Waals surface area contributed by atoms with Gasteiger partial charge in [-0.2, -0.15) is 0 Å². The third-order valence-electron chi connectivity index (χ3n) is 3.89. The van der Waals surface area contributed by atoms with Crippen molar-refractivity contribution in [3.8, 4) is 17.1 Å². The topological polar surface area (TPSA) is 77.0 Å². The lowest BCUT2D eigenvalue weighted by Gasteiger charge is -2.08. The maximum absolute atomic E-state index is 12.3. The summed E-state index contributed by atoms with van der Waals surface area (Å²) in [6.07, 6.45) is 3.88. The maximum Gasteiger partial charge on any atom is 0.251 e. The minimum Gasteiger partial charge on any atom is -0.479 e. The molecule has 0 aliphatic heterocycles. The van der Waals surface area contributed by atoms with Gasteiger partial charge in [-0.05, 0) is 31.2 Å². The Bertz CT molecular complexity index is 894. The molecule has 1 amide bonds. The monoisotopic (exact) mass is 348 g/mol. The molecule has 6 heteroatoms. The molecule has 6 nitrogen and oxygen atoms in total. The number of amides is 1. The normalized spacial score (nSPS) is 10.4. The molecule has 26 heavy (non-hydrogen) atoms. The largest absolute Gasteiger partial charge is 0.479 e.